The van der Waals surface area contributed by atoms with E-state index in [2.05, 4.69) is 10.3 Å². The number of hydrogen-bond donors (Lipinski definition) is 1. The van der Waals surface area contributed by atoms with E-state index < -0.39 is 10.0 Å². The molecular formula is C24H24FN3O5S. The number of hydrogen-bond acceptors (Lipinski definition) is 6. The summed E-state index contributed by atoms with van der Waals surface area (Å²) in [5.74, 6) is 0.220. The Labute approximate surface area is 197 Å². The number of rotatable bonds is 8. The fourth-order valence-electron chi connectivity index (χ4n) is 3.38. The van der Waals surface area contributed by atoms with Gasteiger partial charge in [-0.25, -0.2) is 17.8 Å². The molecule has 1 saturated heterocycles. The molecule has 0 bridgehead atoms. The molecule has 0 unspecified atom stereocenters. The number of benzene rings is 2. The second-order valence-corrected chi connectivity index (χ2v) is 9.59. The number of sulfonamides is 1. The monoisotopic (exact) mass is 485 g/mol. The molecule has 10 heteroatoms. The molecule has 1 fully saturated rings. The lowest BCUT2D eigenvalue weighted by Gasteiger charge is -2.26. The van der Waals surface area contributed by atoms with Gasteiger partial charge in [-0.2, -0.15) is 4.31 Å². The van der Waals surface area contributed by atoms with Crippen molar-refractivity contribution in [1.82, 2.24) is 9.29 Å². The Kier molecular flexibility index (Phi) is 7.51. The van der Waals surface area contributed by atoms with E-state index >= 15 is 0 Å². The first kappa shape index (κ1) is 23.8. The van der Waals surface area contributed by atoms with Gasteiger partial charge in [-0.1, -0.05) is 12.1 Å². The molecule has 4 rings (SSSR count). The van der Waals surface area contributed by atoms with Crippen LogP contribution in [-0.4, -0.2) is 49.9 Å². The number of aromatic nitrogens is 1. The average molecular weight is 486 g/mol. The minimum absolute atomic E-state index is 0.195. The van der Waals surface area contributed by atoms with Crippen molar-refractivity contribution >= 4 is 21.6 Å². The predicted molar refractivity (Wildman–Crippen MR) is 124 cm³/mol. The summed E-state index contributed by atoms with van der Waals surface area (Å²) in [7, 11) is -3.54. The van der Waals surface area contributed by atoms with Crippen LogP contribution in [0, 0.1) is 5.82 Å². The number of amides is 1. The van der Waals surface area contributed by atoms with Crippen molar-refractivity contribution in [3.05, 3.63) is 78.2 Å². The molecule has 178 valence electrons. The second kappa shape index (κ2) is 10.7. The highest BCUT2D eigenvalue weighted by Crippen LogP contribution is 2.21. The molecule has 1 aliphatic heterocycles. The number of halogens is 1. The quantitative estimate of drug-likeness (QED) is 0.524. The summed E-state index contributed by atoms with van der Waals surface area (Å²) in [6.45, 7) is 1.48. The zero-order chi connectivity index (χ0) is 24.0. The van der Waals surface area contributed by atoms with Crippen LogP contribution >= 0.6 is 0 Å². The second-order valence-electron chi connectivity index (χ2n) is 7.65. The zero-order valence-corrected chi connectivity index (χ0v) is 19.1. The Bertz CT molecular complexity index is 1210. The lowest BCUT2D eigenvalue weighted by molar-refractivity contribution is -0.116. The third kappa shape index (κ3) is 6.16. The smallest absolute Gasteiger partial charge is 0.243 e. The van der Waals surface area contributed by atoms with Crippen LogP contribution in [-0.2, 0) is 26.0 Å². The summed E-state index contributed by atoms with van der Waals surface area (Å²) >= 11 is 0. The fourth-order valence-corrected chi connectivity index (χ4v) is 4.79. The van der Waals surface area contributed by atoms with Gasteiger partial charge in [0.05, 0.1) is 30.0 Å². The summed E-state index contributed by atoms with van der Waals surface area (Å²) in [4.78, 5) is 16.7. The number of anilines is 1. The number of ether oxygens (including phenoxy) is 2. The summed E-state index contributed by atoms with van der Waals surface area (Å²) in [5, 5.41) is 2.77. The Hall–Kier alpha value is -3.34. The average Bonchev–Trinajstić information content (AvgIpc) is 2.86. The number of nitrogens with zero attached hydrogens (tertiary/aromatic N) is 2. The van der Waals surface area contributed by atoms with Gasteiger partial charge in [-0.05, 0) is 54.4 Å². The number of carbonyl (C=O) groups is 1. The maximum atomic E-state index is 13.0. The van der Waals surface area contributed by atoms with Crippen molar-refractivity contribution in [1.29, 1.82) is 0 Å². The lowest BCUT2D eigenvalue weighted by atomic mass is 10.1. The van der Waals surface area contributed by atoms with Crippen molar-refractivity contribution in [3.63, 3.8) is 0 Å². The molecule has 0 atom stereocenters. The van der Waals surface area contributed by atoms with Crippen molar-refractivity contribution in [2.24, 2.45) is 0 Å². The van der Waals surface area contributed by atoms with Crippen LogP contribution in [0.5, 0.6) is 11.6 Å². The molecule has 2 aromatic carbocycles. The minimum Gasteiger partial charge on any atom is -0.439 e. The van der Waals surface area contributed by atoms with Gasteiger partial charge in [0.25, 0.3) is 0 Å². The Morgan fingerprint density at radius 1 is 1.03 bits per heavy atom. The number of pyridine rings is 1. The van der Waals surface area contributed by atoms with E-state index in [9.17, 15) is 17.6 Å². The van der Waals surface area contributed by atoms with Crippen molar-refractivity contribution in [2.45, 2.75) is 17.7 Å². The maximum Gasteiger partial charge on any atom is 0.243 e. The summed E-state index contributed by atoms with van der Waals surface area (Å²) in [6.07, 6.45) is 2.16. The molecule has 0 aliphatic carbocycles. The highest BCUT2D eigenvalue weighted by molar-refractivity contribution is 7.89. The molecule has 1 aromatic heterocycles. The van der Waals surface area contributed by atoms with Crippen molar-refractivity contribution < 1.29 is 27.1 Å². The molecule has 8 nitrogen and oxygen atoms in total. The molecule has 3 aromatic rings. The van der Waals surface area contributed by atoms with E-state index in [1.54, 1.807) is 36.4 Å². The number of carbonyl (C=O) groups excluding carboxylic acids is 1. The molecule has 1 aliphatic rings. The van der Waals surface area contributed by atoms with Gasteiger partial charge in [0.1, 0.15) is 11.6 Å². The topological polar surface area (TPSA) is 97.8 Å². The van der Waals surface area contributed by atoms with Gasteiger partial charge >= 0.3 is 0 Å². The first-order chi connectivity index (χ1) is 16.4. The maximum absolute atomic E-state index is 13.0. The van der Waals surface area contributed by atoms with Crippen LogP contribution in [0.15, 0.2) is 71.8 Å². The number of nitrogens with one attached hydrogen (secondary N) is 1. The molecule has 1 N–H and O–H groups in total. The molecular weight excluding hydrogens is 461 g/mol. The molecule has 34 heavy (non-hydrogen) atoms. The van der Waals surface area contributed by atoms with Gasteiger partial charge in [0.15, 0.2) is 0 Å². The van der Waals surface area contributed by atoms with Crippen LogP contribution in [0.2, 0.25) is 0 Å². The summed E-state index contributed by atoms with van der Waals surface area (Å²) in [5.41, 5.74) is 1.38. The third-order valence-corrected chi connectivity index (χ3v) is 7.14. The van der Waals surface area contributed by atoms with Crippen LogP contribution in [0.4, 0.5) is 10.1 Å². The molecule has 1 amide bonds. The lowest BCUT2D eigenvalue weighted by Crippen LogP contribution is -2.40. The first-order valence-electron chi connectivity index (χ1n) is 10.8. The SMILES string of the molecule is O=C(CCc1ccc(S(=O)(=O)N2CCOCC2)cc1)Nc1ccc(Oc2ccc(F)cc2)nc1. The van der Waals surface area contributed by atoms with E-state index in [-0.39, 0.29) is 23.0 Å². The number of aryl methyl sites for hydroxylation is 1. The first-order valence-corrected chi connectivity index (χ1v) is 12.2. The summed E-state index contributed by atoms with van der Waals surface area (Å²) in [6, 6.07) is 15.4. The van der Waals surface area contributed by atoms with Gasteiger partial charge < -0.3 is 14.8 Å². The molecule has 2 heterocycles. The minimum atomic E-state index is -3.54. The van der Waals surface area contributed by atoms with E-state index in [1.165, 1.54) is 34.8 Å². The standard InChI is InChI=1S/C24H24FN3O5S/c25-19-4-7-21(8-5-19)33-24-12-6-20(17-26-24)27-23(29)11-3-18-1-9-22(10-2-18)34(30,31)28-13-15-32-16-14-28/h1-2,4-10,12,17H,3,11,13-16H2,(H,27,29). The zero-order valence-electron chi connectivity index (χ0n) is 18.3. The van der Waals surface area contributed by atoms with Crippen LogP contribution in [0.3, 0.4) is 0 Å². The van der Waals surface area contributed by atoms with E-state index in [4.69, 9.17) is 9.47 Å². The molecule has 0 spiro atoms. The van der Waals surface area contributed by atoms with Crippen LogP contribution < -0.4 is 10.1 Å². The van der Waals surface area contributed by atoms with Crippen LogP contribution in [0.25, 0.3) is 0 Å². The van der Waals surface area contributed by atoms with E-state index in [0.29, 0.717) is 50.0 Å². The van der Waals surface area contributed by atoms with E-state index in [1.807, 2.05) is 0 Å². The Balaban J connectivity index is 1.27. The van der Waals surface area contributed by atoms with Gasteiger partial charge in [-0.15, -0.1) is 0 Å². The molecule has 0 radical (unpaired) electrons. The predicted octanol–water partition coefficient (Wildman–Crippen LogP) is 3.61. The Morgan fingerprint density at radius 3 is 2.38 bits per heavy atom. The van der Waals surface area contributed by atoms with E-state index in [0.717, 1.165) is 5.56 Å². The van der Waals surface area contributed by atoms with Crippen LogP contribution in [0.1, 0.15) is 12.0 Å². The highest BCUT2D eigenvalue weighted by atomic mass is 32.2. The van der Waals surface area contributed by atoms with Gasteiger partial charge in [0.2, 0.25) is 21.8 Å². The van der Waals surface area contributed by atoms with Gasteiger partial charge in [0, 0.05) is 25.6 Å². The Morgan fingerprint density at radius 2 is 1.74 bits per heavy atom. The normalized spacial score (nSPS) is 14.5. The largest absolute Gasteiger partial charge is 0.439 e. The third-order valence-electron chi connectivity index (χ3n) is 5.23. The summed E-state index contributed by atoms with van der Waals surface area (Å²) < 4.78 is 50.5. The van der Waals surface area contributed by atoms with Crippen molar-refractivity contribution in [2.75, 3.05) is 31.6 Å². The fraction of sp³-hybridized carbons (Fsp3) is 0.250. The van der Waals surface area contributed by atoms with Gasteiger partial charge in [-0.3, -0.25) is 4.79 Å². The highest BCUT2D eigenvalue weighted by Gasteiger charge is 2.26. The van der Waals surface area contributed by atoms with Crippen molar-refractivity contribution in [3.8, 4) is 11.6 Å². The number of morpholine rings is 1. The molecule has 0 saturated carbocycles.